The monoisotopic (exact) mass is 222 g/mol. The second-order valence-corrected chi connectivity index (χ2v) is 6.32. The normalized spacial score (nSPS) is 13.1. The quantitative estimate of drug-likeness (QED) is 0.651. The zero-order chi connectivity index (χ0) is 11.2. The van der Waals surface area contributed by atoms with Gasteiger partial charge in [-0.05, 0) is 47.2 Å². The Morgan fingerprint density at radius 3 is 2.14 bits per heavy atom. The van der Waals surface area contributed by atoms with E-state index in [0.29, 0.717) is 6.42 Å². The van der Waals surface area contributed by atoms with Gasteiger partial charge in [0.2, 0.25) is 10.0 Å². The number of rotatable bonds is 6. The van der Waals surface area contributed by atoms with Crippen LogP contribution in [-0.4, -0.2) is 33.3 Å². The Hall–Kier alpha value is -0.130. The largest absolute Gasteiger partial charge is 0.320 e. The molecule has 4 nitrogen and oxygen atoms in total. The number of sulfonamides is 1. The summed E-state index contributed by atoms with van der Waals surface area (Å²) in [6, 6.07) is 0. The minimum atomic E-state index is -3.10. The lowest BCUT2D eigenvalue weighted by molar-refractivity contribution is 0.490. The van der Waals surface area contributed by atoms with Gasteiger partial charge in [-0.15, -0.1) is 0 Å². The van der Waals surface area contributed by atoms with Crippen LogP contribution in [-0.2, 0) is 10.0 Å². The maximum Gasteiger partial charge on any atom is 0.212 e. The predicted molar refractivity (Wildman–Crippen MR) is 59.8 cm³/mol. The van der Waals surface area contributed by atoms with Crippen LogP contribution in [0.25, 0.3) is 0 Å². The molecule has 0 aromatic heterocycles. The Kier molecular flexibility index (Phi) is 5.63. The van der Waals surface area contributed by atoms with Crippen LogP contribution in [0, 0.1) is 0 Å². The Labute approximate surface area is 87.5 Å². The van der Waals surface area contributed by atoms with Gasteiger partial charge in [-0.1, -0.05) is 0 Å². The zero-order valence-corrected chi connectivity index (χ0v) is 10.4. The first kappa shape index (κ1) is 13.9. The second-order valence-electron chi connectivity index (χ2n) is 4.48. The van der Waals surface area contributed by atoms with Crippen molar-refractivity contribution < 1.29 is 8.42 Å². The van der Waals surface area contributed by atoms with Gasteiger partial charge >= 0.3 is 0 Å². The van der Waals surface area contributed by atoms with Crippen molar-refractivity contribution in [1.29, 1.82) is 0 Å². The van der Waals surface area contributed by atoms with E-state index in [1.165, 1.54) is 0 Å². The molecule has 0 aromatic rings. The minimum absolute atomic E-state index is 0.214. The van der Waals surface area contributed by atoms with Gasteiger partial charge in [-0.3, -0.25) is 0 Å². The molecule has 5 heteroatoms. The average molecular weight is 222 g/mol. The van der Waals surface area contributed by atoms with E-state index in [1.807, 2.05) is 27.8 Å². The van der Waals surface area contributed by atoms with Gasteiger partial charge in [0.05, 0.1) is 5.75 Å². The maximum atomic E-state index is 11.5. The molecule has 0 heterocycles. The zero-order valence-electron chi connectivity index (χ0n) is 9.55. The van der Waals surface area contributed by atoms with Gasteiger partial charge in [-0.25, -0.2) is 13.1 Å². The van der Waals surface area contributed by atoms with Gasteiger partial charge in [0, 0.05) is 5.54 Å². The summed E-state index contributed by atoms with van der Waals surface area (Å²) < 4.78 is 25.6. The van der Waals surface area contributed by atoms with Crippen molar-refractivity contribution in [3.8, 4) is 0 Å². The molecule has 0 saturated carbocycles. The molecule has 2 N–H and O–H groups in total. The molecule has 0 atom stereocenters. The van der Waals surface area contributed by atoms with Gasteiger partial charge in [0.15, 0.2) is 0 Å². The van der Waals surface area contributed by atoms with Crippen molar-refractivity contribution >= 4 is 10.0 Å². The highest BCUT2D eigenvalue weighted by Crippen LogP contribution is 2.03. The molecule has 0 aliphatic carbocycles. The van der Waals surface area contributed by atoms with Crippen LogP contribution in [0.1, 0.15) is 33.6 Å². The average Bonchev–Trinajstić information content (AvgIpc) is 1.93. The summed E-state index contributed by atoms with van der Waals surface area (Å²) >= 11 is 0. The molecule has 0 unspecified atom stereocenters. The minimum Gasteiger partial charge on any atom is -0.320 e. The SMILES string of the molecule is CNCCCCS(=O)(=O)NC(C)(C)C. The third kappa shape index (κ3) is 8.47. The third-order valence-corrected chi connectivity index (χ3v) is 3.30. The first-order chi connectivity index (χ1) is 6.27. The molecule has 0 rings (SSSR count). The van der Waals surface area contributed by atoms with E-state index in [9.17, 15) is 8.42 Å². The summed E-state index contributed by atoms with van der Waals surface area (Å²) in [5.41, 5.74) is -0.373. The van der Waals surface area contributed by atoms with Crippen LogP contribution in [0.4, 0.5) is 0 Å². The Morgan fingerprint density at radius 2 is 1.71 bits per heavy atom. The highest BCUT2D eigenvalue weighted by molar-refractivity contribution is 7.89. The first-order valence-electron chi connectivity index (χ1n) is 4.93. The molecule has 0 aliphatic heterocycles. The van der Waals surface area contributed by atoms with E-state index in [4.69, 9.17) is 0 Å². The van der Waals surface area contributed by atoms with Gasteiger partial charge in [0.1, 0.15) is 0 Å². The van der Waals surface area contributed by atoms with Crippen LogP contribution >= 0.6 is 0 Å². The van der Waals surface area contributed by atoms with Crippen molar-refractivity contribution in [1.82, 2.24) is 10.0 Å². The molecule has 0 radical (unpaired) electrons. The molecule has 0 aromatic carbocycles. The van der Waals surface area contributed by atoms with Gasteiger partial charge in [0.25, 0.3) is 0 Å². The van der Waals surface area contributed by atoms with E-state index < -0.39 is 10.0 Å². The van der Waals surface area contributed by atoms with Crippen LogP contribution in [0.3, 0.4) is 0 Å². The van der Waals surface area contributed by atoms with Crippen LogP contribution in [0.2, 0.25) is 0 Å². The molecule has 0 bridgehead atoms. The standard InChI is InChI=1S/C9H22N2O2S/c1-9(2,3)11-14(12,13)8-6-5-7-10-4/h10-11H,5-8H2,1-4H3. The summed E-state index contributed by atoms with van der Waals surface area (Å²) in [6.07, 6.45) is 1.59. The predicted octanol–water partition coefficient (Wildman–Crippen LogP) is 0.704. The van der Waals surface area contributed by atoms with E-state index in [-0.39, 0.29) is 11.3 Å². The van der Waals surface area contributed by atoms with Crippen molar-refractivity contribution in [3.63, 3.8) is 0 Å². The summed E-state index contributed by atoms with van der Waals surface area (Å²) in [5, 5.41) is 2.99. The molecule has 0 saturated heterocycles. The van der Waals surface area contributed by atoms with E-state index >= 15 is 0 Å². The molecular weight excluding hydrogens is 200 g/mol. The Balaban J connectivity index is 3.86. The first-order valence-corrected chi connectivity index (χ1v) is 6.58. The van der Waals surface area contributed by atoms with Crippen molar-refractivity contribution in [3.05, 3.63) is 0 Å². The molecule has 0 fully saturated rings. The Morgan fingerprint density at radius 1 is 1.14 bits per heavy atom. The smallest absolute Gasteiger partial charge is 0.212 e. The summed E-state index contributed by atoms with van der Waals surface area (Å²) in [4.78, 5) is 0. The summed E-state index contributed by atoms with van der Waals surface area (Å²) in [5.74, 6) is 0.214. The van der Waals surface area contributed by atoms with Gasteiger partial charge < -0.3 is 5.32 Å². The molecule has 0 aliphatic rings. The third-order valence-electron chi connectivity index (χ3n) is 1.55. The fraction of sp³-hybridized carbons (Fsp3) is 1.00. The molecule has 14 heavy (non-hydrogen) atoms. The number of hydrogen-bond donors (Lipinski definition) is 2. The van der Waals surface area contributed by atoms with E-state index in [1.54, 1.807) is 0 Å². The fourth-order valence-corrected chi connectivity index (χ4v) is 2.73. The number of nitrogens with one attached hydrogen (secondary N) is 2. The molecule has 0 amide bonds. The van der Waals surface area contributed by atoms with E-state index in [0.717, 1.165) is 13.0 Å². The van der Waals surface area contributed by atoms with Crippen LogP contribution in [0.5, 0.6) is 0 Å². The lowest BCUT2D eigenvalue weighted by Gasteiger charge is -2.20. The van der Waals surface area contributed by atoms with Crippen molar-refractivity contribution in [2.75, 3.05) is 19.3 Å². The van der Waals surface area contributed by atoms with Crippen LogP contribution < -0.4 is 10.0 Å². The number of hydrogen-bond acceptors (Lipinski definition) is 3. The highest BCUT2D eigenvalue weighted by atomic mass is 32.2. The summed E-state index contributed by atoms with van der Waals surface area (Å²) in [7, 11) is -1.23. The topological polar surface area (TPSA) is 58.2 Å². The van der Waals surface area contributed by atoms with Crippen molar-refractivity contribution in [2.45, 2.75) is 39.2 Å². The van der Waals surface area contributed by atoms with Crippen molar-refractivity contribution in [2.24, 2.45) is 0 Å². The second kappa shape index (κ2) is 5.68. The lowest BCUT2D eigenvalue weighted by atomic mass is 10.1. The molecule has 86 valence electrons. The number of unbranched alkanes of at least 4 members (excludes halogenated alkanes) is 1. The Bertz CT molecular complexity index is 242. The van der Waals surface area contributed by atoms with E-state index in [2.05, 4.69) is 10.0 Å². The lowest BCUT2D eigenvalue weighted by Crippen LogP contribution is -2.41. The highest BCUT2D eigenvalue weighted by Gasteiger charge is 2.18. The molecule has 0 spiro atoms. The van der Waals surface area contributed by atoms with Crippen LogP contribution in [0.15, 0.2) is 0 Å². The summed E-state index contributed by atoms with van der Waals surface area (Å²) in [6.45, 7) is 6.40. The fourth-order valence-electron chi connectivity index (χ4n) is 1.11. The molecular formula is C9H22N2O2S. The van der Waals surface area contributed by atoms with Gasteiger partial charge in [-0.2, -0.15) is 0 Å². The maximum absolute atomic E-state index is 11.5.